The third-order valence-electron chi connectivity index (χ3n) is 3.76. The fourth-order valence-corrected chi connectivity index (χ4v) is 3.38. The maximum absolute atomic E-state index is 13.1. The van der Waals surface area contributed by atoms with Crippen molar-refractivity contribution >= 4 is 29.0 Å². The van der Waals surface area contributed by atoms with E-state index >= 15 is 0 Å². The third-order valence-corrected chi connectivity index (χ3v) is 4.84. The number of thiophene rings is 1. The fraction of sp³-hybridized carbons (Fsp3) is 0.0476. The van der Waals surface area contributed by atoms with E-state index in [1.165, 1.54) is 36.7 Å². The first-order valence-corrected chi connectivity index (χ1v) is 8.84. The first-order chi connectivity index (χ1) is 13.1. The highest BCUT2D eigenvalue weighted by Gasteiger charge is 2.13. The number of rotatable bonds is 5. The molecule has 27 heavy (non-hydrogen) atoms. The van der Waals surface area contributed by atoms with Crippen molar-refractivity contribution in [3.63, 3.8) is 0 Å². The number of carbonyl (C=O) groups is 1. The minimum atomic E-state index is -0.515. The maximum atomic E-state index is 13.1. The van der Waals surface area contributed by atoms with Crippen LogP contribution in [0.4, 0.5) is 10.1 Å². The van der Waals surface area contributed by atoms with Gasteiger partial charge in [0.2, 0.25) is 0 Å². The van der Waals surface area contributed by atoms with Crippen molar-refractivity contribution in [3.05, 3.63) is 76.9 Å². The van der Waals surface area contributed by atoms with Crippen molar-refractivity contribution in [1.82, 2.24) is 0 Å². The third kappa shape index (κ3) is 4.40. The highest BCUT2D eigenvalue weighted by atomic mass is 32.1. The number of nitrogens with zero attached hydrogens (tertiary/aromatic N) is 1. The molecule has 0 saturated carbocycles. The van der Waals surface area contributed by atoms with Crippen molar-refractivity contribution < 1.29 is 13.9 Å². The van der Waals surface area contributed by atoms with Gasteiger partial charge in [0.1, 0.15) is 23.2 Å². The van der Waals surface area contributed by atoms with E-state index in [0.717, 1.165) is 15.3 Å². The molecular formula is C21H15FN2O2S. The van der Waals surface area contributed by atoms with Gasteiger partial charge in [-0.25, -0.2) is 4.39 Å². The molecule has 0 bridgehead atoms. The van der Waals surface area contributed by atoms with Gasteiger partial charge < -0.3 is 10.1 Å². The molecule has 6 heteroatoms. The van der Waals surface area contributed by atoms with E-state index in [1.807, 2.05) is 18.2 Å². The molecule has 3 aromatic rings. The Hall–Kier alpha value is -3.43. The number of hydrogen-bond donors (Lipinski definition) is 1. The molecule has 0 aliphatic heterocycles. The van der Waals surface area contributed by atoms with Crippen LogP contribution in [0.2, 0.25) is 0 Å². The number of anilines is 1. The maximum Gasteiger partial charge on any atom is 0.266 e. The second-order valence-corrected chi connectivity index (χ2v) is 6.65. The molecule has 2 aromatic carbocycles. The van der Waals surface area contributed by atoms with Crippen LogP contribution in [0.1, 0.15) is 4.88 Å². The Morgan fingerprint density at radius 3 is 2.59 bits per heavy atom. The number of nitriles is 1. The number of ether oxygens (including phenoxy) is 1. The summed E-state index contributed by atoms with van der Waals surface area (Å²) in [6, 6.07) is 18.8. The number of methoxy groups -OCH3 is 1. The molecule has 1 aromatic heterocycles. The van der Waals surface area contributed by atoms with E-state index in [-0.39, 0.29) is 11.4 Å². The van der Waals surface area contributed by atoms with Crippen LogP contribution in [0.15, 0.2) is 66.2 Å². The minimum absolute atomic E-state index is 0.0200. The van der Waals surface area contributed by atoms with E-state index in [1.54, 1.807) is 36.4 Å². The number of benzene rings is 2. The average Bonchev–Trinajstić information content (AvgIpc) is 3.15. The summed E-state index contributed by atoms with van der Waals surface area (Å²) in [5.74, 6) is -0.299. The van der Waals surface area contributed by atoms with E-state index in [4.69, 9.17) is 4.74 Å². The quantitative estimate of drug-likeness (QED) is 0.496. The average molecular weight is 378 g/mol. The van der Waals surface area contributed by atoms with Crippen LogP contribution in [0, 0.1) is 17.1 Å². The number of carbonyl (C=O) groups excluding carboxylic acids is 1. The molecule has 0 aliphatic rings. The number of halogens is 1. The standard InChI is InChI=1S/C21H15FN2O2S/c1-26-19-5-3-2-4-18(19)24-21(25)15(13-23)12-17-10-11-20(27-17)14-6-8-16(22)9-7-14/h2-12H,1H3,(H,24,25). The highest BCUT2D eigenvalue weighted by Crippen LogP contribution is 2.30. The van der Waals surface area contributed by atoms with E-state index in [0.29, 0.717) is 11.4 Å². The summed E-state index contributed by atoms with van der Waals surface area (Å²) in [5.41, 5.74) is 1.34. The van der Waals surface area contributed by atoms with Crippen LogP contribution in [-0.2, 0) is 4.79 Å². The number of para-hydroxylation sites is 2. The van der Waals surface area contributed by atoms with Crippen LogP contribution >= 0.6 is 11.3 Å². The lowest BCUT2D eigenvalue weighted by molar-refractivity contribution is -0.112. The lowest BCUT2D eigenvalue weighted by Crippen LogP contribution is -2.14. The number of hydrogen-bond acceptors (Lipinski definition) is 4. The summed E-state index contributed by atoms with van der Waals surface area (Å²) in [7, 11) is 1.51. The van der Waals surface area contributed by atoms with Gasteiger partial charge >= 0.3 is 0 Å². The predicted molar refractivity (Wildman–Crippen MR) is 105 cm³/mol. The molecule has 0 spiro atoms. The molecule has 0 atom stereocenters. The fourth-order valence-electron chi connectivity index (χ4n) is 2.43. The molecule has 0 unspecified atom stereocenters. The van der Waals surface area contributed by atoms with Crippen molar-refractivity contribution in [3.8, 4) is 22.3 Å². The monoisotopic (exact) mass is 378 g/mol. The Morgan fingerprint density at radius 2 is 1.89 bits per heavy atom. The zero-order chi connectivity index (χ0) is 19.2. The largest absolute Gasteiger partial charge is 0.495 e. The molecule has 0 saturated heterocycles. The summed E-state index contributed by atoms with van der Waals surface area (Å²) >= 11 is 1.41. The summed E-state index contributed by atoms with van der Waals surface area (Å²) in [5, 5.41) is 12.1. The Bertz CT molecular complexity index is 1030. The number of nitrogens with one attached hydrogen (secondary N) is 1. The molecule has 134 valence electrons. The zero-order valence-corrected chi connectivity index (χ0v) is 15.2. The molecule has 4 nitrogen and oxygen atoms in total. The van der Waals surface area contributed by atoms with Gasteiger partial charge in [-0.3, -0.25) is 4.79 Å². The van der Waals surface area contributed by atoms with Gasteiger partial charge in [0, 0.05) is 9.75 Å². The van der Waals surface area contributed by atoms with Gasteiger partial charge in [0.05, 0.1) is 12.8 Å². The zero-order valence-electron chi connectivity index (χ0n) is 14.4. The molecule has 0 aliphatic carbocycles. The van der Waals surface area contributed by atoms with E-state index in [9.17, 15) is 14.4 Å². The summed E-state index contributed by atoms with van der Waals surface area (Å²) in [4.78, 5) is 14.1. The van der Waals surface area contributed by atoms with Crippen LogP contribution in [0.25, 0.3) is 16.5 Å². The van der Waals surface area contributed by atoms with Crippen molar-refractivity contribution in [2.75, 3.05) is 12.4 Å². The normalized spacial score (nSPS) is 10.9. The van der Waals surface area contributed by atoms with Gasteiger partial charge in [-0.1, -0.05) is 24.3 Å². The molecule has 0 fully saturated rings. The summed E-state index contributed by atoms with van der Waals surface area (Å²) < 4.78 is 18.2. The van der Waals surface area contributed by atoms with Gasteiger partial charge in [0.15, 0.2) is 0 Å². The van der Waals surface area contributed by atoms with Crippen LogP contribution < -0.4 is 10.1 Å². The lowest BCUT2D eigenvalue weighted by atomic mass is 10.2. The van der Waals surface area contributed by atoms with Crippen molar-refractivity contribution in [1.29, 1.82) is 5.26 Å². The Kier molecular flexibility index (Phi) is 5.64. The van der Waals surface area contributed by atoms with Gasteiger partial charge in [-0.05, 0) is 48.0 Å². The van der Waals surface area contributed by atoms with E-state index < -0.39 is 5.91 Å². The smallest absolute Gasteiger partial charge is 0.266 e. The van der Waals surface area contributed by atoms with Crippen molar-refractivity contribution in [2.24, 2.45) is 0 Å². The van der Waals surface area contributed by atoms with Gasteiger partial charge in [-0.15, -0.1) is 11.3 Å². The SMILES string of the molecule is COc1ccccc1NC(=O)C(C#N)=Cc1ccc(-c2ccc(F)cc2)s1. The predicted octanol–water partition coefficient (Wildman–Crippen LogP) is 5.11. The first-order valence-electron chi connectivity index (χ1n) is 8.02. The second kappa shape index (κ2) is 8.30. The minimum Gasteiger partial charge on any atom is -0.495 e. The topological polar surface area (TPSA) is 62.1 Å². The molecule has 1 heterocycles. The Morgan fingerprint density at radius 1 is 1.15 bits per heavy atom. The second-order valence-electron chi connectivity index (χ2n) is 5.53. The molecule has 0 radical (unpaired) electrons. The lowest BCUT2D eigenvalue weighted by Gasteiger charge is -2.08. The van der Waals surface area contributed by atoms with Crippen LogP contribution in [0.5, 0.6) is 5.75 Å². The Labute approximate surface area is 160 Å². The molecular weight excluding hydrogens is 363 g/mol. The molecule has 3 rings (SSSR count). The summed E-state index contributed by atoms with van der Waals surface area (Å²) in [6.07, 6.45) is 1.53. The van der Waals surface area contributed by atoms with Crippen molar-refractivity contribution in [2.45, 2.75) is 0 Å². The highest BCUT2D eigenvalue weighted by molar-refractivity contribution is 7.16. The van der Waals surface area contributed by atoms with Gasteiger partial charge in [-0.2, -0.15) is 5.26 Å². The van der Waals surface area contributed by atoms with Crippen LogP contribution in [0.3, 0.4) is 0 Å². The van der Waals surface area contributed by atoms with Gasteiger partial charge in [0.25, 0.3) is 5.91 Å². The molecule has 1 amide bonds. The van der Waals surface area contributed by atoms with E-state index in [2.05, 4.69) is 5.32 Å². The summed E-state index contributed by atoms with van der Waals surface area (Å²) in [6.45, 7) is 0. The number of amides is 1. The Balaban J connectivity index is 1.81. The molecule has 1 N–H and O–H groups in total. The van der Waals surface area contributed by atoms with Crippen LogP contribution in [-0.4, -0.2) is 13.0 Å². The first kappa shape index (κ1) is 18.4.